The van der Waals surface area contributed by atoms with E-state index >= 15 is 0 Å². The Morgan fingerprint density at radius 2 is 2.32 bits per heavy atom. The monoisotopic (exact) mass is 258 g/mol. The highest BCUT2D eigenvalue weighted by Gasteiger charge is 2.34. The molecule has 1 aromatic carbocycles. The molecule has 1 aromatic rings. The predicted molar refractivity (Wildman–Crippen MR) is 75.8 cm³/mol. The summed E-state index contributed by atoms with van der Waals surface area (Å²) in [6, 6.07) is 9.71. The summed E-state index contributed by atoms with van der Waals surface area (Å²) in [5.74, 6) is 0.926. The van der Waals surface area contributed by atoms with E-state index in [-0.39, 0.29) is 5.75 Å². The maximum Gasteiger partial charge on any atom is 0.115 e. The molecule has 0 amide bonds. The van der Waals surface area contributed by atoms with Gasteiger partial charge in [0, 0.05) is 13.0 Å². The van der Waals surface area contributed by atoms with Crippen LogP contribution < -0.4 is 0 Å². The number of nitriles is 1. The van der Waals surface area contributed by atoms with Crippen molar-refractivity contribution >= 4 is 0 Å². The van der Waals surface area contributed by atoms with Crippen LogP contribution in [-0.2, 0) is 6.42 Å². The Kier molecular flexibility index (Phi) is 4.11. The largest absolute Gasteiger partial charge is 0.508 e. The summed E-state index contributed by atoms with van der Waals surface area (Å²) in [5.41, 5.74) is 0.532. The zero-order chi connectivity index (χ0) is 13.9. The van der Waals surface area contributed by atoms with Gasteiger partial charge in [-0.3, -0.25) is 4.90 Å². The lowest BCUT2D eigenvalue weighted by molar-refractivity contribution is 0.0958. The van der Waals surface area contributed by atoms with E-state index < -0.39 is 5.54 Å². The van der Waals surface area contributed by atoms with Crippen LogP contribution in [0.25, 0.3) is 0 Å². The molecule has 2 unspecified atom stereocenters. The molecule has 1 saturated heterocycles. The van der Waals surface area contributed by atoms with Crippen molar-refractivity contribution in [1.29, 1.82) is 5.26 Å². The first kappa shape index (κ1) is 13.9. The summed E-state index contributed by atoms with van der Waals surface area (Å²) < 4.78 is 0. The van der Waals surface area contributed by atoms with Crippen molar-refractivity contribution in [2.45, 2.75) is 38.6 Å². The van der Waals surface area contributed by atoms with Crippen LogP contribution in [-0.4, -0.2) is 28.6 Å². The smallest absolute Gasteiger partial charge is 0.115 e. The fraction of sp³-hybridized carbons (Fsp3) is 0.562. The van der Waals surface area contributed by atoms with Gasteiger partial charge in [0.2, 0.25) is 0 Å². The lowest BCUT2D eigenvalue weighted by atomic mass is 9.88. The van der Waals surface area contributed by atoms with E-state index in [0.717, 1.165) is 18.7 Å². The van der Waals surface area contributed by atoms with Crippen LogP contribution in [0.2, 0.25) is 0 Å². The van der Waals surface area contributed by atoms with Gasteiger partial charge in [-0.15, -0.1) is 0 Å². The van der Waals surface area contributed by atoms with Gasteiger partial charge in [0.15, 0.2) is 0 Å². The fourth-order valence-corrected chi connectivity index (χ4v) is 2.92. The summed E-state index contributed by atoms with van der Waals surface area (Å²) in [5, 5.41) is 19.1. The molecule has 102 valence electrons. The van der Waals surface area contributed by atoms with Gasteiger partial charge < -0.3 is 5.11 Å². The minimum Gasteiger partial charge on any atom is -0.508 e. The van der Waals surface area contributed by atoms with Crippen LogP contribution in [0.3, 0.4) is 0 Å². The molecule has 0 radical (unpaired) electrons. The average molecular weight is 258 g/mol. The number of hydrogen-bond donors (Lipinski definition) is 1. The second-order valence-electron chi connectivity index (χ2n) is 5.93. The van der Waals surface area contributed by atoms with Gasteiger partial charge in [-0.25, -0.2) is 0 Å². The number of piperidine rings is 1. The summed E-state index contributed by atoms with van der Waals surface area (Å²) in [7, 11) is 0. The normalized spacial score (nSPS) is 23.5. The van der Waals surface area contributed by atoms with Crippen molar-refractivity contribution in [3.05, 3.63) is 29.8 Å². The first-order chi connectivity index (χ1) is 9.03. The van der Waals surface area contributed by atoms with E-state index in [4.69, 9.17) is 0 Å². The highest BCUT2D eigenvalue weighted by molar-refractivity contribution is 5.30. The van der Waals surface area contributed by atoms with Crippen LogP contribution in [0, 0.1) is 17.2 Å². The molecule has 2 atom stereocenters. The Morgan fingerprint density at radius 3 is 2.95 bits per heavy atom. The second kappa shape index (κ2) is 5.63. The molecule has 1 aliphatic heterocycles. The molecule has 1 heterocycles. The first-order valence-corrected chi connectivity index (χ1v) is 6.98. The molecular formula is C16H22N2O. The number of phenolic OH excluding ortho intramolecular Hbond substituents is 1. The van der Waals surface area contributed by atoms with E-state index in [1.165, 1.54) is 12.8 Å². The number of phenols is 1. The van der Waals surface area contributed by atoms with E-state index in [1.807, 2.05) is 19.1 Å². The molecule has 0 bridgehead atoms. The van der Waals surface area contributed by atoms with Crippen molar-refractivity contribution in [3.63, 3.8) is 0 Å². The van der Waals surface area contributed by atoms with Crippen LogP contribution in [0.4, 0.5) is 0 Å². The molecule has 19 heavy (non-hydrogen) atoms. The number of hydrogen-bond acceptors (Lipinski definition) is 3. The van der Waals surface area contributed by atoms with E-state index in [1.54, 1.807) is 12.1 Å². The standard InChI is InChI=1S/C16H22N2O/c1-13-5-4-8-18(11-13)16(2,12-17)10-14-6-3-7-15(19)9-14/h3,6-7,9,13,19H,4-5,8,10-11H2,1-2H3. The molecule has 3 nitrogen and oxygen atoms in total. The average Bonchev–Trinajstić information content (AvgIpc) is 2.38. The SMILES string of the molecule is CC1CCCN(C(C)(C#N)Cc2cccc(O)c2)C1. The molecule has 0 aromatic heterocycles. The summed E-state index contributed by atoms with van der Waals surface area (Å²) in [4.78, 5) is 2.30. The fourth-order valence-electron chi connectivity index (χ4n) is 2.92. The molecule has 0 aliphatic carbocycles. The molecule has 2 rings (SSSR count). The van der Waals surface area contributed by atoms with E-state index in [2.05, 4.69) is 17.9 Å². The topological polar surface area (TPSA) is 47.3 Å². The minimum atomic E-state index is -0.484. The highest BCUT2D eigenvalue weighted by Crippen LogP contribution is 2.27. The van der Waals surface area contributed by atoms with Crippen LogP contribution >= 0.6 is 0 Å². The maximum absolute atomic E-state index is 9.60. The third-order valence-corrected chi connectivity index (χ3v) is 4.05. The van der Waals surface area contributed by atoms with Crippen molar-refractivity contribution in [1.82, 2.24) is 4.90 Å². The Bertz CT molecular complexity index is 480. The van der Waals surface area contributed by atoms with Crippen molar-refractivity contribution in [2.24, 2.45) is 5.92 Å². The third kappa shape index (κ3) is 3.27. The number of benzene rings is 1. The van der Waals surface area contributed by atoms with Gasteiger partial charge in [0.1, 0.15) is 11.3 Å². The van der Waals surface area contributed by atoms with Gasteiger partial charge in [-0.1, -0.05) is 19.1 Å². The lowest BCUT2D eigenvalue weighted by Crippen LogP contribution is -2.51. The van der Waals surface area contributed by atoms with Gasteiger partial charge in [-0.05, 0) is 49.9 Å². The zero-order valence-electron chi connectivity index (χ0n) is 11.8. The van der Waals surface area contributed by atoms with Crippen molar-refractivity contribution in [3.8, 4) is 11.8 Å². The van der Waals surface area contributed by atoms with Crippen LogP contribution in [0.5, 0.6) is 5.75 Å². The van der Waals surface area contributed by atoms with Gasteiger partial charge in [-0.2, -0.15) is 5.26 Å². The van der Waals surface area contributed by atoms with E-state index in [0.29, 0.717) is 12.3 Å². The van der Waals surface area contributed by atoms with Crippen molar-refractivity contribution < 1.29 is 5.11 Å². The van der Waals surface area contributed by atoms with Gasteiger partial charge >= 0.3 is 0 Å². The number of rotatable bonds is 3. The zero-order valence-corrected chi connectivity index (χ0v) is 11.8. The number of aromatic hydroxyl groups is 1. The maximum atomic E-state index is 9.60. The molecule has 3 heteroatoms. The summed E-state index contributed by atoms with van der Waals surface area (Å²) >= 11 is 0. The van der Waals surface area contributed by atoms with E-state index in [9.17, 15) is 10.4 Å². The molecule has 1 fully saturated rings. The molecule has 1 aliphatic rings. The lowest BCUT2D eigenvalue weighted by Gasteiger charge is -2.41. The third-order valence-electron chi connectivity index (χ3n) is 4.05. The molecular weight excluding hydrogens is 236 g/mol. The highest BCUT2D eigenvalue weighted by atomic mass is 16.3. The first-order valence-electron chi connectivity index (χ1n) is 6.98. The summed E-state index contributed by atoms with van der Waals surface area (Å²) in [6.07, 6.45) is 3.08. The predicted octanol–water partition coefficient (Wildman–Crippen LogP) is 2.95. The quantitative estimate of drug-likeness (QED) is 0.906. The Morgan fingerprint density at radius 1 is 1.53 bits per heavy atom. The molecule has 1 N–H and O–H groups in total. The minimum absolute atomic E-state index is 0.268. The van der Waals surface area contributed by atoms with Crippen molar-refractivity contribution in [2.75, 3.05) is 13.1 Å². The molecule has 0 saturated carbocycles. The van der Waals surface area contributed by atoms with Gasteiger partial charge in [0.05, 0.1) is 6.07 Å². The number of likely N-dealkylation sites (tertiary alicyclic amines) is 1. The number of nitrogens with zero attached hydrogens (tertiary/aromatic N) is 2. The van der Waals surface area contributed by atoms with Crippen LogP contribution in [0.1, 0.15) is 32.3 Å². The summed E-state index contributed by atoms with van der Waals surface area (Å²) in [6.45, 7) is 6.24. The molecule has 0 spiro atoms. The van der Waals surface area contributed by atoms with Crippen LogP contribution in [0.15, 0.2) is 24.3 Å². The Hall–Kier alpha value is -1.53. The second-order valence-corrected chi connectivity index (χ2v) is 5.93. The Labute approximate surface area is 115 Å². The Balaban J connectivity index is 2.16. The van der Waals surface area contributed by atoms with Gasteiger partial charge in [0.25, 0.3) is 0 Å².